The second-order valence-electron chi connectivity index (χ2n) is 3.74. The zero-order valence-electron chi connectivity index (χ0n) is 10.8. The highest BCUT2D eigenvalue weighted by atomic mass is 32.2. The number of alkyl halides is 2. The minimum Gasteiger partial charge on any atom is -0.396 e. The summed E-state index contributed by atoms with van der Waals surface area (Å²) in [6.45, 7) is 2.05. The Bertz CT molecular complexity index is 438. The van der Waals surface area contributed by atoms with Gasteiger partial charge in [-0.1, -0.05) is 6.92 Å². The maximum absolute atomic E-state index is 12.2. The van der Waals surface area contributed by atoms with Gasteiger partial charge < -0.3 is 16.4 Å². The lowest BCUT2D eigenvalue weighted by molar-refractivity contribution is 0.0958. The van der Waals surface area contributed by atoms with Crippen LogP contribution in [-0.2, 0) is 0 Å². The third-order valence-electron chi connectivity index (χ3n) is 2.26. The lowest BCUT2D eigenvalue weighted by Gasteiger charge is -2.04. The van der Waals surface area contributed by atoms with Crippen molar-refractivity contribution in [1.29, 1.82) is 0 Å². The SMILES string of the molecule is CCCNC(=O)c1sc(NCC(F)F)c(SC)c1N. The number of nitrogen functional groups attached to an aromatic ring is 1. The van der Waals surface area contributed by atoms with Crippen molar-refractivity contribution in [2.45, 2.75) is 24.7 Å². The molecule has 1 aromatic heterocycles. The van der Waals surface area contributed by atoms with Crippen LogP contribution in [0.1, 0.15) is 23.0 Å². The van der Waals surface area contributed by atoms with Crippen LogP contribution < -0.4 is 16.4 Å². The minimum atomic E-state index is -2.45. The minimum absolute atomic E-state index is 0.259. The molecular weight excluding hydrogens is 292 g/mol. The summed E-state index contributed by atoms with van der Waals surface area (Å²) < 4.78 is 24.4. The van der Waals surface area contributed by atoms with Crippen molar-refractivity contribution in [3.05, 3.63) is 4.88 Å². The normalized spacial score (nSPS) is 10.8. The van der Waals surface area contributed by atoms with Gasteiger partial charge in [-0.15, -0.1) is 23.1 Å². The van der Waals surface area contributed by atoms with Gasteiger partial charge in [0.2, 0.25) is 0 Å². The van der Waals surface area contributed by atoms with Crippen LogP contribution in [0.4, 0.5) is 19.5 Å². The first-order valence-electron chi connectivity index (χ1n) is 5.77. The number of nitrogens with one attached hydrogen (secondary N) is 2. The number of hydrogen-bond donors (Lipinski definition) is 3. The van der Waals surface area contributed by atoms with Crippen molar-refractivity contribution in [3.8, 4) is 0 Å². The van der Waals surface area contributed by atoms with E-state index in [2.05, 4.69) is 10.6 Å². The summed E-state index contributed by atoms with van der Waals surface area (Å²) >= 11 is 2.44. The highest BCUT2D eigenvalue weighted by Gasteiger charge is 2.20. The topological polar surface area (TPSA) is 67.2 Å². The van der Waals surface area contributed by atoms with E-state index in [1.54, 1.807) is 6.26 Å². The van der Waals surface area contributed by atoms with Gasteiger partial charge in [-0.25, -0.2) is 8.78 Å². The Kier molecular flexibility index (Phi) is 6.36. The number of amides is 1. The molecule has 0 atom stereocenters. The molecule has 0 unspecified atom stereocenters. The van der Waals surface area contributed by atoms with Crippen LogP contribution in [-0.4, -0.2) is 31.7 Å². The van der Waals surface area contributed by atoms with Gasteiger partial charge in [-0.2, -0.15) is 0 Å². The quantitative estimate of drug-likeness (QED) is 0.678. The predicted molar refractivity (Wildman–Crippen MR) is 77.6 cm³/mol. The van der Waals surface area contributed by atoms with Crippen molar-refractivity contribution in [3.63, 3.8) is 0 Å². The molecule has 0 aliphatic carbocycles. The number of thioether (sulfide) groups is 1. The molecular formula is C11H17F2N3OS2. The van der Waals surface area contributed by atoms with Gasteiger partial charge in [0.1, 0.15) is 9.88 Å². The Labute approximate surface area is 119 Å². The summed E-state index contributed by atoms with van der Waals surface area (Å²) in [6.07, 6.45) is 0.165. The molecule has 0 fully saturated rings. The summed E-state index contributed by atoms with van der Waals surface area (Å²) in [6, 6.07) is 0. The van der Waals surface area contributed by atoms with Crippen molar-refractivity contribution in [1.82, 2.24) is 5.32 Å². The fourth-order valence-electron chi connectivity index (χ4n) is 1.41. The van der Waals surface area contributed by atoms with Gasteiger partial charge in [0.15, 0.2) is 0 Å². The summed E-state index contributed by atoms with van der Waals surface area (Å²) in [5.41, 5.74) is 6.24. The molecule has 4 N–H and O–H groups in total. The summed E-state index contributed by atoms with van der Waals surface area (Å²) in [4.78, 5) is 12.9. The molecule has 0 saturated heterocycles. The zero-order valence-corrected chi connectivity index (χ0v) is 12.4. The number of halogens is 2. The van der Waals surface area contributed by atoms with Crippen molar-refractivity contribution in [2.24, 2.45) is 0 Å². The third-order valence-corrected chi connectivity index (χ3v) is 4.39. The monoisotopic (exact) mass is 309 g/mol. The molecule has 1 amide bonds. The van der Waals surface area contributed by atoms with E-state index in [1.807, 2.05) is 6.92 Å². The molecule has 0 aliphatic rings. The Balaban J connectivity index is 2.91. The molecule has 1 rings (SSSR count). The fourth-order valence-corrected chi connectivity index (χ4v) is 3.36. The number of thiophene rings is 1. The summed E-state index contributed by atoms with van der Waals surface area (Å²) in [7, 11) is 0. The Morgan fingerprint density at radius 1 is 1.53 bits per heavy atom. The smallest absolute Gasteiger partial charge is 0.263 e. The molecule has 4 nitrogen and oxygen atoms in total. The lowest BCUT2D eigenvalue weighted by atomic mass is 10.3. The van der Waals surface area contributed by atoms with Gasteiger partial charge >= 0.3 is 0 Å². The van der Waals surface area contributed by atoms with E-state index in [-0.39, 0.29) is 5.91 Å². The molecule has 19 heavy (non-hydrogen) atoms. The van der Waals surface area contributed by atoms with Crippen LogP contribution in [0.3, 0.4) is 0 Å². The molecule has 1 aromatic rings. The number of nitrogens with two attached hydrogens (primary N) is 1. The molecule has 1 heterocycles. The van der Waals surface area contributed by atoms with E-state index in [0.717, 1.165) is 17.8 Å². The van der Waals surface area contributed by atoms with E-state index in [0.29, 0.717) is 27.0 Å². The van der Waals surface area contributed by atoms with Crippen LogP contribution in [0.25, 0.3) is 0 Å². The summed E-state index contributed by atoms with van der Waals surface area (Å²) in [5, 5.41) is 5.87. The fraction of sp³-hybridized carbons (Fsp3) is 0.545. The first-order chi connectivity index (χ1) is 9.01. The molecule has 0 spiro atoms. The first-order valence-corrected chi connectivity index (χ1v) is 7.81. The van der Waals surface area contributed by atoms with E-state index in [9.17, 15) is 13.6 Å². The van der Waals surface area contributed by atoms with Crippen molar-refractivity contribution >= 4 is 39.7 Å². The highest BCUT2D eigenvalue weighted by Crippen LogP contribution is 2.41. The van der Waals surface area contributed by atoms with Crippen molar-refractivity contribution in [2.75, 3.05) is 30.4 Å². The van der Waals surface area contributed by atoms with Crippen LogP contribution in [0.15, 0.2) is 4.90 Å². The lowest BCUT2D eigenvalue weighted by Crippen LogP contribution is -2.23. The van der Waals surface area contributed by atoms with Gasteiger partial charge in [-0.05, 0) is 12.7 Å². The third kappa shape index (κ3) is 4.24. The number of hydrogen-bond acceptors (Lipinski definition) is 5. The molecule has 8 heteroatoms. The second kappa shape index (κ2) is 7.54. The van der Waals surface area contributed by atoms with E-state index < -0.39 is 13.0 Å². The van der Waals surface area contributed by atoms with Gasteiger partial charge in [0.05, 0.1) is 17.1 Å². The van der Waals surface area contributed by atoms with Crippen LogP contribution in [0.5, 0.6) is 0 Å². The Morgan fingerprint density at radius 2 is 2.21 bits per heavy atom. The van der Waals surface area contributed by atoms with Gasteiger partial charge in [0.25, 0.3) is 12.3 Å². The maximum Gasteiger partial charge on any atom is 0.263 e. The van der Waals surface area contributed by atoms with Crippen LogP contribution in [0, 0.1) is 0 Å². The summed E-state index contributed by atoms with van der Waals surface area (Å²) in [5.74, 6) is -0.259. The number of carbonyl (C=O) groups is 1. The van der Waals surface area contributed by atoms with E-state index in [1.165, 1.54) is 11.8 Å². The van der Waals surface area contributed by atoms with Crippen molar-refractivity contribution < 1.29 is 13.6 Å². The zero-order chi connectivity index (χ0) is 14.4. The first kappa shape index (κ1) is 16.0. The van der Waals surface area contributed by atoms with Crippen LogP contribution in [0.2, 0.25) is 0 Å². The number of carbonyl (C=O) groups excluding carboxylic acids is 1. The molecule has 0 saturated carbocycles. The molecule has 0 bridgehead atoms. The Hall–Kier alpha value is -1.02. The van der Waals surface area contributed by atoms with E-state index in [4.69, 9.17) is 5.73 Å². The second-order valence-corrected chi connectivity index (χ2v) is 5.57. The largest absolute Gasteiger partial charge is 0.396 e. The molecule has 0 radical (unpaired) electrons. The maximum atomic E-state index is 12.2. The average Bonchev–Trinajstić information content (AvgIpc) is 2.69. The highest BCUT2D eigenvalue weighted by molar-refractivity contribution is 7.99. The van der Waals surface area contributed by atoms with E-state index >= 15 is 0 Å². The number of rotatable bonds is 7. The predicted octanol–water partition coefficient (Wildman–Crippen LogP) is 2.87. The van der Waals surface area contributed by atoms with Gasteiger partial charge in [-0.3, -0.25) is 4.79 Å². The van der Waals surface area contributed by atoms with Crippen LogP contribution >= 0.6 is 23.1 Å². The Morgan fingerprint density at radius 3 is 2.74 bits per heavy atom. The number of anilines is 2. The average molecular weight is 309 g/mol. The molecule has 108 valence electrons. The van der Waals surface area contributed by atoms with Gasteiger partial charge in [0, 0.05) is 6.54 Å². The standard InChI is InChI=1S/C11H17F2N3OS2/c1-3-4-15-10(17)8-7(14)9(18-2)11(19-8)16-5-6(12)13/h6,16H,3-5,14H2,1-2H3,(H,15,17). The molecule has 0 aromatic carbocycles. The molecule has 0 aliphatic heterocycles.